The van der Waals surface area contributed by atoms with E-state index in [4.69, 9.17) is 0 Å². The van der Waals surface area contributed by atoms with E-state index in [9.17, 15) is 8.42 Å². The Hall–Kier alpha value is -0.390. The standard InChI is InChI=1S/C14H26N2O2S/c1-4-13-8-15-12(7-11(2)3)9-16(13)14-5-6-19(17,18)10-14/h5-6,11-15H,4,7-10H2,1-3H3. The molecule has 0 aromatic carbocycles. The summed E-state index contributed by atoms with van der Waals surface area (Å²) in [5, 5.41) is 5.00. The molecule has 0 saturated carbocycles. The number of rotatable bonds is 4. The molecular weight excluding hydrogens is 260 g/mol. The molecular formula is C14H26N2O2S. The van der Waals surface area contributed by atoms with E-state index in [1.807, 2.05) is 6.08 Å². The summed E-state index contributed by atoms with van der Waals surface area (Å²) in [5.41, 5.74) is 0. The van der Waals surface area contributed by atoms with Gasteiger partial charge in [0, 0.05) is 36.6 Å². The van der Waals surface area contributed by atoms with Gasteiger partial charge in [-0.1, -0.05) is 26.8 Å². The summed E-state index contributed by atoms with van der Waals surface area (Å²) in [5.74, 6) is 0.929. The highest BCUT2D eigenvalue weighted by molar-refractivity contribution is 7.94. The van der Waals surface area contributed by atoms with Gasteiger partial charge in [0.15, 0.2) is 9.84 Å². The molecule has 3 atom stereocenters. The first-order valence-electron chi connectivity index (χ1n) is 7.31. The Bertz CT molecular complexity index is 431. The summed E-state index contributed by atoms with van der Waals surface area (Å²) in [6.45, 7) is 8.57. The predicted molar refractivity (Wildman–Crippen MR) is 78.7 cm³/mol. The first-order chi connectivity index (χ1) is 8.91. The third kappa shape index (κ3) is 3.80. The second kappa shape index (κ2) is 5.94. The fraction of sp³-hybridized carbons (Fsp3) is 0.857. The van der Waals surface area contributed by atoms with Crippen LogP contribution < -0.4 is 5.32 Å². The zero-order valence-electron chi connectivity index (χ0n) is 12.2. The Labute approximate surface area is 117 Å². The van der Waals surface area contributed by atoms with E-state index < -0.39 is 9.84 Å². The van der Waals surface area contributed by atoms with E-state index in [2.05, 4.69) is 31.0 Å². The Kier molecular flexibility index (Phi) is 4.69. The molecule has 0 spiro atoms. The molecule has 0 amide bonds. The molecule has 2 heterocycles. The van der Waals surface area contributed by atoms with Crippen LogP contribution in [0.3, 0.4) is 0 Å². The van der Waals surface area contributed by atoms with Gasteiger partial charge in [-0.25, -0.2) is 8.42 Å². The van der Waals surface area contributed by atoms with Crippen molar-refractivity contribution in [1.82, 2.24) is 10.2 Å². The van der Waals surface area contributed by atoms with E-state index in [-0.39, 0.29) is 11.8 Å². The molecule has 0 aromatic heterocycles. The molecule has 110 valence electrons. The first kappa shape index (κ1) is 15.0. The van der Waals surface area contributed by atoms with Crippen molar-refractivity contribution >= 4 is 9.84 Å². The normalized spacial score (nSPS) is 35.1. The smallest absolute Gasteiger partial charge is 0.173 e. The Morgan fingerprint density at radius 3 is 2.68 bits per heavy atom. The Morgan fingerprint density at radius 1 is 1.42 bits per heavy atom. The van der Waals surface area contributed by atoms with Crippen LogP contribution in [0.1, 0.15) is 33.6 Å². The third-order valence-electron chi connectivity index (χ3n) is 4.11. The van der Waals surface area contributed by atoms with E-state index in [0.29, 0.717) is 18.0 Å². The highest BCUT2D eigenvalue weighted by atomic mass is 32.2. The molecule has 0 radical (unpaired) electrons. The lowest BCUT2D eigenvalue weighted by atomic mass is 9.97. The SMILES string of the molecule is CCC1CNC(CC(C)C)CN1C1C=CS(=O)(=O)C1. The van der Waals surface area contributed by atoms with Crippen molar-refractivity contribution in [3.8, 4) is 0 Å². The van der Waals surface area contributed by atoms with Crippen molar-refractivity contribution in [2.45, 2.75) is 51.7 Å². The maximum absolute atomic E-state index is 11.6. The molecule has 5 heteroatoms. The topological polar surface area (TPSA) is 49.4 Å². The van der Waals surface area contributed by atoms with Gasteiger partial charge in [-0.15, -0.1) is 0 Å². The lowest BCUT2D eigenvalue weighted by Gasteiger charge is -2.43. The highest BCUT2D eigenvalue weighted by Crippen LogP contribution is 2.22. The van der Waals surface area contributed by atoms with Gasteiger partial charge in [-0.3, -0.25) is 4.90 Å². The molecule has 2 aliphatic rings. The number of nitrogens with one attached hydrogen (secondary N) is 1. The van der Waals surface area contributed by atoms with E-state index in [1.165, 1.54) is 5.41 Å². The molecule has 19 heavy (non-hydrogen) atoms. The van der Waals surface area contributed by atoms with Crippen LogP contribution >= 0.6 is 0 Å². The minimum atomic E-state index is -2.96. The number of hydrogen-bond acceptors (Lipinski definition) is 4. The van der Waals surface area contributed by atoms with E-state index in [1.54, 1.807) is 0 Å². The van der Waals surface area contributed by atoms with E-state index >= 15 is 0 Å². The lowest BCUT2D eigenvalue weighted by molar-refractivity contribution is 0.101. The second-order valence-corrected chi connectivity index (χ2v) is 8.15. The molecule has 2 aliphatic heterocycles. The van der Waals surface area contributed by atoms with Crippen LogP contribution in [0.4, 0.5) is 0 Å². The van der Waals surface area contributed by atoms with Crippen molar-refractivity contribution in [3.63, 3.8) is 0 Å². The summed E-state index contributed by atoms with van der Waals surface area (Å²) in [6.07, 6.45) is 4.08. The van der Waals surface area contributed by atoms with Crippen LogP contribution in [0.5, 0.6) is 0 Å². The zero-order valence-corrected chi connectivity index (χ0v) is 13.0. The van der Waals surface area contributed by atoms with Gasteiger partial charge >= 0.3 is 0 Å². The molecule has 0 aliphatic carbocycles. The third-order valence-corrected chi connectivity index (χ3v) is 5.48. The monoisotopic (exact) mass is 286 g/mol. The van der Waals surface area contributed by atoms with Crippen molar-refractivity contribution in [2.24, 2.45) is 5.92 Å². The fourth-order valence-electron chi connectivity index (χ4n) is 3.17. The largest absolute Gasteiger partial charge is 0.311 e. The zero-order chi connectivity index (χ0) is 14.0. The second-order valence-electron chi connectivity index (χ2n) is 6.22. The average Bonchev–Trinajstić information content (AvgIpc) is 2.69. The van der Waals surface area contributed by atoms with Gasteiger partial charge < -0.3 is 5.32 Å². The van der Waals surface area contributed by atoms with Crippen LogP contribution in [0.25, 0.3) is 0 Å². The molecule has 0 aromatic rings. The van der Waals surface area contributed by atoms with Crippen molar-refractivity contribution in [2.75, 3.05) is 18.8 Å². The Balaban J connectivity index is 2.04. The average molecular weight is 286 g/mol. The van der Waals surface area contributed by atoms with E-state index in [0.717, 1.165) is 25.9 Å². The van der Waals surface area contributed by atoms with Gasteiger partial charge in [0.25, 0.3) is 0 Å². The van der Waals surface area contributed by atoms with Crippen LogP contribution in [-0.4, -0.2) is 50.3 Å². The number of sulfone groups is 1. The first-order valence-corrected chi connectivity index (χ1v) is 9.03. The molecule has 3 unspecified atom stereocenters. The number of piperazine rings is 1. The van der Waals surface area contributed by atoms with Gasteiger partial charge in [0.2, 0.25) is 0 Å². The molecule has 1 fully saturated rings. The van der Waals surface area contributed by atoms with Crippen LogP contribution in [0.15, 0.2) is 11.5 Å². The van der Waals surface area contributed by atoms with Gasteiger partial charge in [-0.2, -0.15) is 0 Å². The number of hydrogen-bond donors (Lipinski definition) is 1. The summed E-state index contributed by atoms with van der Waals surface area (Å²) >= 11 is 0. The molecule has 1 N–H and O–H groups in total. The van der Waals surface area contributed by atoms with Gasteiger partial charge in [-0.05, 0) is 18.8 Å². The molecule has 4 nitrogen and oxygen atoms in total. The summed E-state index contributed by atoms with van der Waals surface area (Å²) < 4.78 is 23.2. The van der Waals surface area contributed by atoms with Gasteiger partial charge in [0.05, 0.1) is 5.75 Å². The highest BCUT2D eigenvalue weighted by Gasteiger charge is 2.35. The minimum absolute atomic E-state index is 0.0757. The summed E-state index contributed by atoms with van der Waals surface area (Å²) in [4.78, 5) is 2.39. The molecule has 0 bridgehead atoms. The number of nitrogens with zero attached hydrogens (tertiary/aromatic N) is 1. The summed E-state index contributed by atoms with van der Waals surface area (Å²) in [7, 11) is -2.96. The minimum Gasteiger partial charge on any atom is -0.311 e. The molecule has 1 saturated heterocycles. The lowest BCUT2D eigenvalue weighted by Crippen LogP contribution is -2.59. The van der Waals surface area contributed by atoms with Crippen LogP contribution in [-0.2, 0) is 9.84 Å². The van der Waals surface area contributed by atoms with Crippen LogP contribution in [0.2, 0.25) is 0 Å². The fourth-order valence-corrected chi connectivity index (χ4v) is 4.48. The quantitative estimate of drug-likeness (QED) is 0.848. The maximum atomic E-state index is 11.6. The maximum Gasteiger partial charge on any atom is 0.173 e. The predicted octanol–water partition coefficient (Wildman–Crippen LogP) is 1.40. The van der Waals surface area contributed by atoms with Crippen molar-refractivity contribution in [3.05, 3.63) is 11.5 Å². The van der Waals surface area contributed by atoms with Gasteiger partial charge in [0.1, 0.15) is 0 Å². The summed E-state index contributed by atoms with van der Waals surface area (Å²) in [6, 6.07) is 1.01. The van der Waals surface area contributed by atoms with Crippen molar-refractivity contribution in [1.29, 1.82) is 0 Å². The molecule has 2 rings (SSSR count). The van der Waals surface area contributed by atoms with Crippen LogP contribution in [0, 0.1) is 5.92 Å². The van der Waals surface area contributed by atoms with Crippen molar-refractivity contribution < 1.29 is 8.42 Å². The Morgan fingerprint density at radius 2 is 2.16 bits per heavy atom.